The Labute approximate surface area is 124 Å². The van der Waals surface area contributed by atoms with Gasteiger partial charge in [-0.15, -0.1) is 0 Å². The Hall–Kier alpha value is -0.920. The number of hydrogen-bond acceptors (Lipinski definition) is 5. The highest BCUT2D eigenvalue weighted by atomic mass is 79.9. The molecule has 0 bridgehead atoms. The number of carbonyl (C=O) groups is 1. The van der Waals surface area contributed by atoms with Gasteiger partial charge in [0.25, 0.3) is 0 Å². The zero-order valence-electron chi connectivity index (χ0n) is 10.4. The second-order valence-electron chi connectivity index (χ2n) is 4.19. The van der Waals surface area contributed by atoms with E-state index in [0.29, 0.717) is 23.5 Å². The summed E-state index contributed by atoms with van der Waals surface area (Å²) in [6.45, 7) is 2.79. The smallest absolute Gasteiger partial charge is 0.235 e. The molecule has 0 aliphatic carbocycles. The minimum atomic E-state index is -0.159. The second kappa shape index (κ2) is 6.49. The van der Waals surface area contributed by atoms with E-state index in [9.17, 15) is 4.79 Å². The van der Waals surface area contributed by atoms with Gasteiger partial charge in [0.05, 0.1) is 10.5 Å². The first kappa shape index (κ1) is 14.5. The Morgan fingerprint density at radius 1 is 1.58 bits per heavy atom. The SMILES string of the molecule is CC(=O)NN(c1nc(Cl)ncc1Br)C1CCOCC1. The fraction of sp³-hybridized carbons (Fsp3) is 0.545. The quantitative estimate of drug-likeness (QED) is 0.667. The van der Waals surface area contributed by atoms with Crippen LogP contribution in [0, 0.1) is 0 Å². The Morgan fingerprint density at radius 3 is 2.89 bits per heavy atom. The van der Waals surface area contributed by atoms with Crippen molar-refractivity contribution in [3.63, 3.8) is 0 Å². The minimum absolute atomic E-state index is 0.125. The van der Waals surface area contributed by atoms with Crippen molar-refractivity contribution in [3.05, 3.63) is 16.0 Å². The lowest BCUT2D eigenvalue weighted by atomic mass is 10.1. The lowest BCUT2D eigenvalue weighted by Crippen LogP contribution is -2.50. The molecule has 1 aliphatic rings. The van der Waals surface area contributed by atoms with Gasteiger partial charge in [-0.05, 0) is 40.4 Å². The Bertz CT molecular complexity index is 468. The summed E-state index contributed by atoms with van der Waals surface area (Å²) < 4.78 is 6.01. The summed E-state index contributed by atoms with van der Waals surface area (Å²) in [7, 11) is 0. The van der Waals surface area contributed by atoms with Gasteiger partial charge in [-0.25, -0.2) is 4.98 Å². The highest BCUT2D eigenvalue weighted by Crippen LogP contribution is 2.27. The fourth-order valence-corrected chi connectivity index (χ4v) is 2.45. The van der Waals surface area contributed by atoms with E-state index < -0.39 is 0 Å². The van der Waals surface area contributed by atoms with Crippen molar-refractivity contribution in [2.24, 2.45) is 0 Å². The zero-order chi connectivity index (χ0) is 13.8. The van der Waals surface area contributed by atoms with Crippen molar-refractivity contribution in [1.29, 1.82) is 0 Å². The summed E-state index contributed by atoms with van der Waals surface area (Å²) in [5.74, 6) is 0.398. The number of anilines is 1. The number of nitrogens with zero attached hydrogens (tertiary/aromatic N) is 3. The molecule has 0 spiro atoms. The van der Waals surface area contributed by atoms with Crippen LogP contribution in [0.5, 0.6) is 0 Å². The minimum Gasteiger partial charge on any atom is -0.381 e. The topological polar surface area (TPSA) is 67.4 Å². The van der Waals surface area contributed by atoms with E-state index in [1.807, 2.05) is 0 Å². The van der Waals surface area contributed by atoms with E-state index >= 15 is 0 Å². The first-order chi connectivity index (χ1) is 9.08. The number of nitrogens with one attached hydrogen (secondary N) is 1. The molecule has 104 valence electrons. The van der Waals surface area contributed by atoms with E-state index in [4.69, 9.17) is 16.3 Å². The lowest BCUT2D eigenvalue weighted by molar-refractivity contribution is -0.119. The second-order valence-corrected chi connectivity index (χ2v) is 5.38. The summed E-state index contributed by atoms with van der Waals surface area (Å²) in [5.41, 5.74) is 2.79. The van der Waals surface area contributed by atoms with Gasteiger partial charge in [0.15, 0.2) is 5.82 Å². The average Bonchev–Trinajstić information content (AvgIpc) is 2.40. The van der Waals surface area contributed by atoms with Crippen LogP contribution in [-0.2, 0) is 9.53 Å². The zero-order valence-corrected chi connectivity index (χ0v) is 12.7. The molecule has 1 aliphatic heterocycles. The summed E-state index contributed by atoms with van der Waals surface area (Å²) in [4.78, 5) is 19.5. The van der Waals surface area contributed by atoms with Crippen molar-refractivity contribution >= 4 is 39.3 Å². The average molecular weight is 350 g/mol. The molecule has 0 saturated carbocycles. The first-order valence-electron chi connectivity index (χ1n) is 5.90. The Morgan fingerprint density at radius 2 is 2.26 bits per heavy atom. The van der Waals surface area contributed by atoms with E-state index in [2.05, 4.69) is 31.3 Å². The number of amides is 1. The maximum absolute atomic E-state index is 11.4. The summed E-state index contributed by atoms with van der Waals surface area (Å²) in [5, 5.41) is 1.88. The Balaban J connectivity index is 2.29. The van der Waals surface area contributed by atoms with Crippen molar-refractivity contribution in [1.82, 2.24) is 15.4 Å². The molecule has 8 heteroatoms. The molecule has 0 aromatic carbocycles. The lowest BCUT2D eigenvalue weighted by Gasteiger charge is -2.35. The van der Waals surface area contributed by atoms with Crippen LogP contribution in [0.1, 0.15) is 19.8 Å². The molecular formula is C11H14BrClN4O2. The van der Waals surface area contributed by atoms with Gasteiger partial charge in [0.2, 0.25) is 11.2 Å². The maximum Gasteiger partial charge on any atom is 0.235 e. The van der Waals surface area contributed by atoms with Crippen molar-refractivity contribution in [2.75, 3.05) is 18.2 Å². The molecule has 0 radical (unpaired) electrons. The van der Waals surface area contributed by atoms with Gasteiger partial charge in [-0.3, -0.25) is 15.2 Å². The molecule has 2 rings (SSSR count). The van der Waals surface area contributed by atoms with Crippen LogP contribution < -0.4 is 10.4 Å². The largest absolute Gasteiger partial charge is 0.381 e. The Kier molecular flexibility index (Phi) is 4.95. The first-order valence-corrected chi connectivity index (χ1v) is 7.07. The molecule has 2 heterocycles. The molecule has 1 aromatic rings. The number of rotatable bonds is 3. The molecule has 1 N–H and O–H groups in total. The monoisotopic (exact) mass is 348 g/mol. The molecule has 0 unspecified atom stereocenters. The number of hydrazine groups is 1. The van der Waals surface area contributed by atoms with Gasteiger partial charge >= 0.3 is 0 Å². The standard InChI is InChI=1S/C11H14BrClN4O2/c1-7(18)16-17(8-2-4-19-5-3-8)10-9(12)6-14-11(13)15-10/h6,8H,2-5H2,1H3,(H,16,18). The van der Waals surface area contributed by atoms with Crippen LogP contribution >= 0.6 is 27.5 Å². The van der Waals surface area contributed by atoms with E-state index in [1.165, 1.54) is 6.92 Å². The molecule has 0 atom stereocenters. The third-order valence-electron chi connectivity index (χ3n) is 2.76. The van der Waals surface area contributed by atoms with Gasteiger partial charge in [-0.1, -0.05) is 0 Å². The number of hydrogen-bond donors (Lipinski definition) is 1. The number of aromatic nitrogens is 2. The van der Waals surface area contributed by atoms with E-state index in [-0.39, 0.29) is 17.2 Å². The maximum atomic E-state index is 11.4. The van der Waals surface area contributed by atoms with Gasteiger partial charge in [0, 0.05) is 26.3 Å². The normalized spacial score (nSPS) is 16.2. The van der Waals surface area contributed by atoms with Crippen LogP contribution in [-0.4, -0.2) is 35.1 Å². The van der Waals surface area contributed by atoms with Gasteiger partial charge in [0.1, 0.15) is 0 Å². The van der Waals surface area contributed by atoms with E-state index in [1.54, 1.807) is 11.2 Å². The fourth-order valence-electron chi connectivity index (χ4n) is 1.94. The van der Waals surface area contributed by atoms with Crippen LogP contribution in [0.2, 0.25) is 5.28 Å². The van der Waals surface area contributed by atoms with Crippen LogP contribution in [0.4, 0.5) is 5.82 Å². The molecular weight excluding hydrogens is 336 g/mol. The highest BCUT2D eigenvalue weighted by Gasteiger charge is 2.25. The van der Waals surface area contributed by atoms with Crippen molar-refractivity contribution < 1.29 is 9.53 Å². The van der Waals surface area contributed by atoms with Crippen molar-refractivity contribution in [2.45, 2.75) is 25.8 Å². The molecule has 19 heavy (non-hydrogen) atoms. The number of carbonyl (C=O) groups excluding carboxylic acids is 1. The third kappa shape index (κ3) is 3.77. The summed E-state index contributed by atoms with van der Waals surface area (Å²) in [6.07, 6.45) is 3.20. The number of halogens is 2. The molecule has 6 nitrogen and oxygen atoms in total. The molecule has 1 saturated heterocycles. The van der Waals surface area contributed by atoms with Gasteiger partial charge < -0.3 is 4.74 Å². The summed E-state index contributed by atoms with van der Waals surface area (Å²) >= 11 is 9.21. The van der Waals surface area contributed by atoms with Crippen LogP contribution in [0.25, 0.3) is 0 Å². The van der Waals surface area contributed by atoms with Gasteiger partial charge in [-0.2, -0.15) is 4.98 Å². The predicted octanol–water partition coefficient (Wildman–Crippen LogP) is 1.93. The van der Waals surface area contributed by atoms with Crippen LogP contribution in [0.3, 0.4) is 0 Å². The van der Waals surface area contributed by atoms with E-state index in [0.717, 1.165) is 12.8 Å². The third-order valence-corrected chi connectivity index (χ3v) is 3.50. The highest BCUT2D eigenvalue weighted by molar-refractivity contribution is 9.10. The molecule has 1 aromatic heterocycles. The molecule has 1 fully saturated rings. The number of ether oxygens (including phenoxy) is 1. The van der Waals surface area contributed by atoms with Crippen molar-refractivity contribution in [3.8, 4) is 0 Å². The van der Waals surface area contributed by atoms with Crippen LogP contribution in [0.15, 0.2) is 10.7 Å². The predicted molar refractivity (Wildman–Crippen MR) is 74.9 cm³/mol. The summed E-state index contributed by atoms with van der Waals surface area (Å²) in [6, 6.07) is 0.125. The molecule has 1 amide bonds.